The summed E-state index contributed by atoms with van der Waals surface area (Å²) >= 11 is 5.05. The highest BCUT2D eigenvalue weighted by Gasteiger charge is 2.38. The number of carbonyl (C=O) groups is 1. The highest BCUT2D eigenvalue weighted by atomic mass is 32.2. The molecular weight excluding hydrogens is 302 g/mol. The maximum absolute atomic E-state index is 11.9. The molecule has 0 aliphatic heterocycles. The predicted molar refractivity (Wildman–Crippen MR) is 79.4 cm³/mol. The first-order valence-electron chi connectivity index (χ1n) is 6.51. The van der Waals surface area contributed by atoms with Gasteiger partial charge in [-0.05, 0) is 12.8 Å². The first kappa shape index (κ1) is 17.1. The van der Waals surface area contributed by atoms with E-state index in [4.69, 9.17) is 18.0 Å². The Morgan fingerprint density at radius 2 is 1.70 bits per heavy atom. The van der Waals surface area contributed by atoms with Crippen LogP contribution >= 0.6 is 12.2 Å². The standard InChI is InChI=1S/C11H21N3O4S2/c1-18-10(15)13-20(16,17)14-11(9(12)19)7-5-3-2-4-6-8-11/h14H,2-8H2,1H3,(H2,12,19)(H,13,15). The Balaban J connectivity index is 2.89. The third kappa shape index (κ3) is 4.88. The smallest absolute Gasteiger partial charge is 0.421 e. The van der Waals surface area contributed by atoms with Gasteiger partial charge in [-0.3, -0.25) is 0 Å². The number of rotatable bonds is 4. The Labute approximate surface area is 124 Å². The third-order valence-electron chi connectivity index (χ3n) is 3.41. The van der Waals surface area contributed by atoms with E-state index in [1.54, 1.807) is 4.72 Å². The van der Waals surface area contributed by atoms with Crippen LogP contribution in [0.5, 0.6) is 0 Å². The van der Waals surface area contributed by atoms with Crippen molar-refractivity contribution in [3.8, 4) is 0 Å². The quantitative estimate of drug-likeness (QED) is 0.664. The van der Waals surface area contributed by atoms with Gasteiger partial charge in [-0.25, -0.2) is 9.52 Å². The minimum Gasteiger partial charge on any atom is -0.452 e. The molecule has 0 atom stereocenters. The fourth-order valence-electron chi connectivity index (χ4n) is 2.34. The van der Waals surface area contributed by atoms with Gasteiger partial charge in [0.2, 0.25) is 0 Å². The van der Waals surface area contributed by atoms with Crippen molar-refractivity contribution >= 4 is 33.5 Å². The zero-order valence-electron chi connectivity index (χ0n) is 11.5. The van der Waals surface area contributed by atoms with Gasteiger partial charge < -0.3 is 10.5 Å². The van der Waals surface area contributed by atoms with Crippen molar-refractivity contribution in [2.45, 2.75) is 50.5 Å². The highest BCUT2D eigenvalue weighted by Crippen LogP contribution is 2.27. The van der Waals surface area contributed by atoms with E-state index in [9.17, 15) is 13.2 Å². The fraction of sp³-hybridized carbons (Fsp3) is 0.818. The van der Waals surface area contributed by atoms with E-state index in [1.807, 2.05) is 0 Å². The molecule has 4 N–H and O–H groups in total. The molecule has 1 rings (SSSR count). The summed E-state index contributed by atoms with van der Waals surface area (Å²) in [5.74, 6) is 0. The molecule has 1 fully saturated rings. The molecule has 9 heteroatoms. The van der Waals surface area contributed by atoms with Gasteiger partial charge in [0.1, 0.15) is 0 Å². The summed E-state index contributed by atoms with van der Waals surface area (Å²) in [4.78, 5) is 11.2. The number of hydrogen-bond donors (Lipinski definition) is 3. The van der Waals surface area contributed by atoms with Crippen molar-refractivity contribution in [1.29, 1.82) is 0 Å². The zero-order chi connectivity index (χ0) is 15.2. The second-order valence-corrected chi connectivity index (χ2v) is 6.77. The van der Waals surface area contributed by atoms with Crippen LogP contribution in [0.25, 0.3) is 0 Å². The van der Waals surface area contributed by atoms with Crippen LogP contribution in [-0.4, -0.2) is 32.1 Å². The van der Waals surface area contributed by atoms with Crippen LogP contribution < -0.4 is 15.2 Å². The first-order chi connectivity index (χ1) is 9.31. The summed E-state index contributed by atoms with van der Waals surface area (Å²) in [5.41, 5.74) is 4.78. The average molecular weight is 323 g/mol. The van der Waals surface area contributed by atoms with Crippen LogP contribution in [-0.2, 0) is 14.9 Å². The lowest BCUT2D eigenvalue weighted by Gasteiger charge is -2.34. The van der Waals surface area contributed by atoms with Crippen LogP contribution in [0.3, 0.4) is 0 Å². The summed E-state index contributed by atoms with van der Waals surface area (Å²) in [5, 5.41) is 0. The minimum atomic E-state index is -4.07. The van der Waals surface area contributed by atoms with Crippen molar-refractivity contribution in [2.24, 2.45) is 5.73 Å². The van der Waals surface area contributed by atoms with Gasteiger partial charge in [0.05, 0.1) is 17.6 Å². The molecule has 1 saturated carbocycles. The summed E-state index contributed by atoms with van der Waals surface area (Å²) in [6.45, 7) is 0. The van der Waals surface area contributed by atoms with Crippen molar-refractivity contribution in [2.75, 3.05) is 7.11 Å². The number of carbonyl (C=O) groups excluding carboxylic acids is 1. The van der Waals surface area contributed by atoms with Gasteiger partial charge in [0.25, 0.3) is 0 Å². The van der Waals surface area contributed by atoms with Crippen LogP contribution in [0, 0.1) is 0 Å². The lowest BCUT2D eigenvalue weighted by molar-refractivity contribution is 0.177. The number of ether oxygens (including phenoxy) is 1. The van der Waals surface area contributed by atoms with E-state index >= 15 is 0 Å². The number of amides is 1. The van der Waals surface area contributed by atoms with Crippen molar-refractivity contribution in [3.63, 3.8) is 0 Å². The molecule has 0 spiro atoms. The Kier molecular flexibility index (Phi) is 6.15. The number of hydrogen-bond acceptors (Lipinski definition) is 5. The summed E-state index contributed by atoms with van der Waals surface area (Å²) in [7, 11) is -2.98. The van der Waals surface area contributed by atoms with E-state index in [0.717, 1.165) is 39.2 Å². The molecule has 0 bridgehead atoms. The molecule has 1 amide bonds. The van der Waals surface area contributed by atoms with Crippen molar-refractivity contribution < 1.29 is 17.9 Å². The second-order valence-electron chi connectivity index (χ2n) is 4.91. The molecule has 0 saturated heterocycles. The van der Waals surface area contributed by atoms with E-state index in [0.29, 0.717) is 12.8 Å². The number of thiocarbonyl (C=S) groups is 1. The summed E-state index contributed by atoms with van der Waals surface area (Å²) in [6, 6.07) is 0. The summed E-state index contributed by atoms with van der Waals surface area (Å²) < 4.78 is 32.3. The number of nitrogens with two attached hydrogens (primary N) is 1. The summed E-state index contributed by atoms with van der Waals surface area (Å²) in [6.07, 6.45) is 4.82. The normalized spacial score (nSPS) is 19.4. The molecule has 0 radical (unpaired) electrons. The molecule has 0 heterocycles. The molecule has 7 nitrogen and oxygen atoms in total. The molecule has 0 aromatic rings. The lowest BCUT2D eigenvalue weighted by Crippen LogP contribution is -2.59. The van der Waals surface area contributed by atoms with Crippen LogP contribution in [0.1, 0.15) is 44.9 Å². The lowest BCUT2D eigenvalue weighted by atomic mass is 9.85. The zero-order valence-corrected chi connectivity index (χ0v) is 13.1. The topological polar surface area (TPSA) is 111 Å². The third-order valence-corrected chi connectivity index (χ3v) is 4.90. The number of methoxy groups -OCH3 is 1. The van der Waals surface area contributed by atoms with Gasteiger partial charge in [-0.15, -0.1) is 0 Å². The largest absolute Gasteiger partial charge is 0.452 e. The molecule has 1 aliphatic carbocycles. The van der Waals surface area contributed by atoms with Gasteiger partial charge in [-0.1, -0.05) is 44.3 Å². The van der Waals surface area contributed by atoms with Crippen LogP contribution in [0.4, 0.5) is 4.79 Å². The Morgan fingerprint density at radius 3 is 2.15 bits per heavy atom. The maximum Gasteiger partial charge on any atom is 0.421 e. The van der Waals surface area contributed by atoms with Crippen LogP contribution in [0.2, 0.25) is 0 Å². The average Bonchev–Trinajstić information content (AvgIpc) is 2.31. The van der Waals surface area contributed by atoms with E-state index in [1.165, 1.54) is 0 Å². The molecule has 0 aromatic carbocycles. The molecule has 116 valence electrons. The predicted octanol–water partition coefficient (Wildman–Crippen LogP) is 0.946. The minimum absolute atomic E-state index is 0.106. The molecule has 0 aromatic heterocycles. The SMILES string of the molecule is COC(=O)NS(=O)(=O)NC1(C(N)=S)CCCCCCC1. The fourth-order valence-corrected chi connectivity index (χ4v) is 3.84. The van der Waals surface area contributed by atoms with E-state index in [-0.39, 0.29) is 4.99 Å². The van der Waals surface area contributed by atoms with Crippen molar-refractivity contribution in [1.82, 2.24) is 9.44 Å². The number of nitrogens with one attached hydrogen (secondary N) is 2. The van der Waals surface area contributed by atoms with Gasteiger partial charge in [-0.2, -0.15) is 13.1 Å². The molecule has 20 heavy (non-hydrogen) atoms. The first-order valence-corrected chi connectivity index (χ1v) is 8.40. The van der Waals surface area contributed by atoms with Gasteiger partial charge in [0, 0.05) is 0 Å². The van der Waals surface area contributed by atoms with E-state index < -0.39 is 21.8 Å². The monoisotopic (exact) mass is 323 g/mol. The van der Waals surface area contributed by atoms with Crippen molar-refractivity contribution in [3.05, 3.63) is 0 Å². The Bertz CT molecular complexity index is 456. The van der Waals surface area contributed by atoms with Gasteiger partial charge >= 0.3 is 16.3 Å². The highest BCUT2D eigenvalue weighted by molar-refractivity contribution is 7.88. The van der Waals surface area contributed by atoms with Gasteiger partial charge in [0.15, 0.2) is 0 Å². The molecule has 0 unspecified atom stereocenters. The maximum atomic E-state index is 11.9. The van der Waals surface area contributed by atoms with E-state index in [2.05, 4.69) is 9.46 Å². The second kappa shape index (κ2) is 7.19. The Morgan fingerprint density at radius 1 is 1.20 bits per heavy atom. The van der Waals surface area contributed by atoms with Crippen LogP contribution in [0.15, 0.2) is 0 Å². The Hall–Kier alpha value is -0.930. The molecule has 1 aliphatic rings. The molecular formula is C11H21N3O4S2.